The van der Waals surface area contributed by atoms with Gasteiger partial charge in [-0.1, -0.05) is 40.9 Å². The smallest absolute Gasteiger partial charge is 0.240 e. The summed E-state index contributed by atoms with van der Waals surface area (Å²) in [5.41, 5.74) is 6.53. The van der Waals surface area contributed by atoms with Gasteiger partial charge < -0.3 is 11.1 Å². The third-order valence-electron chi connectivity index (χ3n) is 3.31. The molecule has 1 fully saturated rings. The van der Waals surface area contributed by atoms with E-state index in [1.165, 1.54) is 0 Å². The van der Waals surface area contributed by atoms with E-state index in [1.807, 2.05) is 24.3 Å². The molecule has 2 rings (SSSR count). The van der Waals surface area contributed by atoms with Gasteiger partial charge in [0.05, 0.1) is 5.54 Å². The summed E-state index contributed by atoms with van der Waals surface area (Å²) in [4.78, 5) is 12.0. The number of benzene rings is 1. The quantitative estimate of drug-likeness (QED) is 0.899. The summed E-state index contributed by atoms with van der Waals surface area (Å²) in [5.74, 6) is -0.0158. The molecule has 0 aliphatic heterocycles. The normalized spacial score (nSPS) is 18.0. The molecule has 1 saturated carbocycles. The van der Waals surface area contributed by atoms with Crippen molar-refractivity contribution in [3.8, 4) is 0 Å². The Morgan fingerprint density at radius 2 is 1.88 bits per heavy atom. The molecular formula is C13H17BrN2O. The standard InChI is InChI=1S/C13H17BrN2O/c14-11-5-3-10(4-6-11)9-16-12(17)13(15)7-1-2-8-13/h3-6H,1-2,7-9,15H2,(H,16,17). The minimum absolute atomic E-state index is 0.0158. The van der Waals surface area contributed by atoms with Crippen molar-refractivity contribution in [1.29, 1.82) is 0 Å². The Bertz CT molecular complexity index is 396. The molecule has 0 saturated heterocycles. The van der Waals surface area contributed by atoms with Gasteiger partial charge >= 0.3 is 0 Å². The van der Waals surface area contributed by atoms with Crippen LogP contribution in [0.15, 0.2) is 28.7 Å². The van der Waals surface area contributed by atoms with E-state index in [-0.39, 0.29) is 5.91 Å². The second kappa shape index (κ2) is 5.19. The third kappa shape index (κ3) is 3.07. The molecule has 0 atom stereocenters. The van der Waals surface area contributed by atoms with Gasteiger partial charge in [-0.25, -0.2) is 0 Å². The average Bonchev–Trinajstić information content (AvgIpc) is 2.76. The van der Waals surface area contributed by atoms with Gasteiger partial charge in [0.25, 0.3) is 0 Å². The number of carbonyl (C=O) groups excluding carboxylic acids is 1. The summed E-state index contributed by atoms with van der Waals surface area (Å²) < 4.78 is 1.04. The van der Waals surface area contributed by atoms with Crippen LogP contribution in [0.5, 0.6) is 0 Å². The van der Waals surface area contributed by atoms with Crippen molar-refractivity contribution in [3.63, 3.8) is 0 Å². The monoisotopic (exact) mass is 296 g/mol. The van der Waals surface area contributed by atoms with E-state index < -0.39 is 5.54 Å². The zero-order valence-electron chi connectivity index (χ0n) is 9.71. The largest absolute Gasteiger partial charge is 0.350 e. The Morgan fingerprint density at radius 1 is 1.29 bits per heavy atom. The molecule has 4 heteroatoms. The molecule has 3 N–H and O–H groups in total. The Balaban J connectivity index is 1.89. The first-order valence-corrected chi connectivity index (χ1v) is 6.71. The molecule has 1 aliphatic rings. The van der Waals surface area contributed by atoms with Gasteiger partial charge in [0, 0.05) is 11.0 Å². The Morgan fingerprint density at radius 3 is 2.47 bits per heavy atom. The lowest BCUT2D eigenvalue weighted by Gasteiger charge is -2.22. The second-order valence-electron chi connectivity index (χ2n) is 4.67. The number of carbonyl (C=O) groups is 1. The third-order valence-corrected chi connectivity index (χ3v) is 3.84. The van der Waals surface area contributed by atoms with E-state index in [1.54, 1.807) is 0 Å². The van der Waals surface area contributed by atoms with E-state index >= 15 is 0 Å². The fraction of sp³-hybridized carbons (Fsp3) is 0.462. The van der Waals surface area contributed by atoms with Gasteiger partial charge in [-0.3, -0.25) is 4.79 Å². The summed E-state index contributed by atoms with van der Waals surface area (Å²) in [6, 6.07) is 7.91. The van der Waals surface area contributed by atoms with Crippen molar-refractivity contribution in [2.75, 3.05) is 0 Å². The van der Waals surface area contributed by atoms with Crippen LogP contribution in [0.3, 0.4) is 0 Å². The predicted octanol–water partition coefficient (Wildman–Crippen LogP) is 2.34. The molecular weight excluding hydrogens is 280 g/mol. The molecule has 3 nitrogen and oxygen atoms in total. The van der Waals surface area contributed by atoms with Crippen molar-refractivity contribution >= 4 is 21.8 Å². The van der Waals surface area contributed by atoms with Crippen LogP contribution in [0.25, 0.3) is 0 Å². The summed E-state index contributed by atoms with van der Waals surface area (Å²) in [6.07, 6.45) is 3.72. The van der Waals surface area contributed by atoms with E-state index in [9.17, 15) is 4.79 Å². The summed E-state index contributed by atoms with van der Waals surface area (Å²) in [7, 11) is 0. The predicted molar refractivity (Wildman–Crippen MR) is 71.4 cm³/mol. The molecule has 0 aromatic heterocycles. The topological polar surface area (TPSA) is 55.1 Å². The first-order valence-electron chi connectivity index (χ1n) is 5.92. The van der Waals surface area contributed by atoms with Gasteiger partial charge in [-0.15, -0.1) is 0 Å². The van der Waals surface area contributed by atoms with Gasteiger partial charge in [-0.2, -0.15) is 0 Å². The van der Waals surface area contributed by atoms with Crippen LogP contribution in [0.2, 0.25) is 0 Å². The second-order valence-corrected chi connectivity index (χ2v) is 5.59. The maximum atomic E-state index is 12.0. The van der Waals surface area contributed by atoms with Crippen LogP contribution in [-0.2, 0) is 11.3 Å². The number of amides is 1. The minimum Gasteiger partial charge on any atom is -0.350 e. The first kappa shape index (κ1) is 12.6. The lowest BCUT2D eigenvalue weighted by atomic mass is 9.98. The van der Waals surface area contributed by atoms with Crippen LogP contribution in [0, 0.1) is 0 Å². The van der Waals surface area contributed by atoms with Crippen LogP contribution >= 0.6 is 15.9 Å². The summed E-state index contributed by atoms with van der Waals surface area (Å²) >= 11 is 3.38. The molecule has 92 valence electrons. The highest BCUT2D eigenvalue weighted by Gasteiger charge is 2.36. The number of nitrogens with one attached hydrogen (secondary N) is 1. The SMILES string of the molecule is NC1(C(=O)NCc2ccc(Br)cc2)CCCC1. The lowest BCUT2D eigenvalue weighted by Crippen LogP contribution is -2.51. The first-order chi connectivity index (χ1) is 8.10. The molecule has 1 aliphatic carbocycles. The van der Waals surface area contributed by atoms with E-state index in [2.05, 4.69) is 21.2 Å². The molecule has 0 spiro atoms. The summed E-state index contributed by atoms with van der Waals surface area (Å²) in [6.45, 7) is 0.547. The van der Waals surface area contributed by atoms with Crippen LogP contribution in [0.1, 0.15) is 31.2 Å². The Labute approximate surface area is 110 Å². The van der Waals surface area contributed by atoms with E-state index in [0.29, 0.717) is 6.54 Å². The molecule has 1 amide bonds. The maximum absolute atomic E-state index is 12.0. The van der Waals surface area contributed by atoms with E-state index in [4.69, 9.17) is 5.73 Å². The van der Waals surface area contributed by atoms with Crippen molar-refractivity contribution in [2.45, 2.75) is 37.8 Å². The molecule has 0 bridgehead atoms. The van der Waals surface area contributed by atoms with Crippen molar-refractivity contribution in [1.82, 2.24) is 5.32 Å². The van der Waals surface area contributed by atoms with Gasteiger partial charge in [-0.05, 0) is 30.5 Å². The number of halogens is 1. The molecule has 17 heavy (non-hydrogen) atoms. The molecule has 1 aromatic rings. The zero-order valence-corrected chi connectivity index (χ0v) is 11.3. The molecule has 1 aromatic carbocycles. The number of rotatable bonds is 3. The number of hydrogen-bond acceptors (Lipinski definition) is 2. The molecule has 0 unspecified atom stereocenters. The minimum atomic E-state index is -0.630. The fourth-order valence-electron chi connectivity index (χ4n) is 2.19. The van der Waals surface area contributed by atoms with Crippen LogP contribution in [0.4, 0.5) is 0 Å². The van der Waals surface area contributed by atoms with Crippen LogP contribution in [-0.4, -0.2) is 11.4 Å². The fourth-order valence-corrected chi connectivity index (χ4v) is 2.46. The maximum Gasteiger partial charge on any atom is 0.240 e. The number of hydrogen-bond donors (Lipinski definition) is 2. The average molecular weight is 297 g/mol. The Kier molecular flexibility index (Phi) is 3.84. The highest BCUT2D eigenvalue weighted by Crippen LogP contribution is 2.27. The zero-order chi connectivity index (χ0) is 12.3. The van der Waals surface area contributed by atoms with Gasteiger partial charge in [0.2, 0.25) is 5.91 Å². The summed E-state index contributed by atoms with van der Waals surface area (Å²) in [5, 5.41) is 2.92. The number of nitrogens with two attached hydrogens (primary N) is 1. The van der Waals surface area contributed by atoms with Crippen molar-refractivity contribution in [3.05, 3.63) is 34.3 Å². The van der Waals surface area contributed by atoms with E-state index in [0.717, 1.165) is 35.7 Å². The van der Waals surface area contributed by atoms with Crippen LogP contribution < -0.4 is 11.1 Å². The van der Waals surface area contributed by atoms with Crippen molar-refractivity contribution < 1.29 is 4.79 Å². The van der Waals surface area contributed by atoms with Gasteiger partial charge in [0.1, 0.15) is 0 Å². The highest BCUT2D eigenvalue weighted by molar-refractivity contribution is 9.10. The molecule has 0 heterocycles. The van der Waals surface area contributed by atoms with Crippen molar-refractivity contribution in [2.24, 2.45) is 5.73 Å². The molecule has 0 radical (unpaired) electrons. The highest BCUT2D eigenvalue weighted by atomic mass is 79.9. The Hall–Kier alpha value is -0.870. The van der Waals surface area contributed by atoms with Gasteiger partial charge in [0.15, 0.2) is 0 Å². The lowest BCUT2D eigenvalue weighted by molar-refractivity contribution is -0.126.